The van der Waals surface area contributed by atoms with Crippen LogP contribution in [0.5, 0.6) is 0 Å². The van der Waals surface area contributed by atoms with Crippen molar-refractivity contribution in [1.82, 2.24) is 4.90 Å². The average molecular weight is 430 g/mol. The smallest absolute Gasteiger partial charge is 0.411 e. The highest BCUT2D eigenvalue weighted by Crippen LogP contribution is 2.30. The van der Waals surface area contributed by atoms with Gasteiger partial charge >= 0.3 is 12.1 Å². The fourth-order valence-corrected chi connectivity index (χ4v) is 3.43. The third-order valence-corrected chi connectivity index (χ3v) is 4.82. The van der Waals surface area contributed by atoms with E-state index in [2.05, 4.69) is 15.9 Å². The largest absolute Gasteiger partial charge is 0.467 e. The third kappa shape index (κ3) is 5.43. The van der Waals surface area contributed by atoms with Crippen molar-refractivity contribution in [3.8, 4) is 0 Å². The van der Waals surface area contributed by atoms with Crippen molar-refractivity contribution in [2.75, 3.05) is 13.7 Å². The molecule has 0 aliphatic carbocycles. The molecule has 1 saturated heterocycles. The molecule has 0 bridgehead atoms. The number of likely N-dealkylation sites (tertiary alicyclic amines) is 1. The highest BCUT2D eigenvalue weighted by atomic mass is 79.9. The van der Waals surface area contributed by atoms with Crippen molar-refractivity contribution < 1.29 is 23.5 Å². The maximum absolute atomic E-state index is 14.0. The molecule has 1 aromatic carbocycles. The van der Waals surface area contributed by atoms with Crippen LogP contribution in [0.4, 0.5) is 9.18 Å². The molecule has 0 spiro atoms. The van der Waals surface area contributed by atoms with Crippen LogP contribution in [-0.4, -0.2) is 42.3 Å². The Morgan fingerprint density at radius 2 is 2.04 bits per heavy atom. The average Bonchev–Trinajstić information content (AvgIpc) is 2.96. The van der Waals surface area contributed by atoms with Gasteiger partial charge in [0, 0.05) is 11.0 Å². The van der Waals surface area contributed by atoms with Crippen molar-refractivity contribution in [1.29, 1.82) is 0 Å². The molecule has 0 radical (unpaired) electrons. The minimum atomic E-state index is -0.658. The molecule has 1 aliphatic rings. The van der Waals surface area contributed by atoms with Gasteiger partial charge in [0.2, 0.25) is 0 Å². The number of hydrogen-bond acceptors (Lipinski definition) is 4. The number of halogens is 2. The van der Waals surface area contributed by atoms with Crippen LogP contribution in [0.3, 0.4) is 0 Å². The quantitative estimate of drug-likeness (QED) is 0.668. The molecule has 1 aliphatic heterocycles. The molecule has 144 valence electrons. The van der Waals surface area contributed by atoms with Crippen LogP contribution < -0.4 is 0 Å². The molecule has 1 fully saturated rings. The molecule has 0 aromatic heterocycles. The Kier molecular flexibility index (Phi) is 6.66. The molecule has 26 heavy (non-hydrogen) atoms. The first-order valence-corrected chi connectivity index (χ1v) is 9.41. The first-order valence-electron chi connectivity index (χ1n) is 8.62. The minimum Gasteiger partial charge on any atom is -0.467 e. The van der Waals surface area contributed by atoms with Gasteiger partial charge in [0.15, 0.2) is 0 Å². The van der Waals surface area contributed by atoms with E-state index in [0.717, 1.165) is 0 Å². The summed E-state index contributed by atoms with van der Waals surface area (Å²) in [5.41, 5.74) is -0.0188. The van der Waals surface area contributed by atoms with Gasteiger partial charge in [0.05, 0.1) is 7.11 Å². The second kappa shape index (κ2) is 8.37. The molecule has 5 nitrogen and oxygen atoms in total. The van der Waals surface area contributed by atoms with Gasteiger partial charge in [-0.25, -0.2) is 14.0 Å². The molecule has 1 aromatic rings. The lowest BCUT2D eigenvalue weighted by atomic mass is 9.97. The number of amides is 1. The van der Waals surface area contributed by atoms with Gasteiger partial charge in [0.1, 0.15) is 17.5 Å². The van der Waals surface area contributed by atoms with E-state index in [0.29, 0.717) is 35.8 Å². The second-order valence-electron chi connectivity index (χ2n) is 7.55. The Morgan fingerprint density at radius 3 is 2.62 bits per heavy atom. The number of hydrogen-bond donors (Lipinski definition) is 0. The third-order valence-electron chi connectivity index (χ3n) is 4.33. The molecule has 1 unspecified atom stereocenters. The Hall–Kier alpha value is -1.63. The summed E-state index contributed by atoms with van der Waals surface area (Å²) in [5.74, 6) is -0.631. The molecular weight excluding hydrogens is 405 g/mol. The molecule has 0 saturated carbocycles. The zero-order valence-electron chi connectivity index (χ0n) is 15.6. The maximum Gasteiger partial charge on any atom is 0.411 e. The number of ether oxygens (including phenoxy) is 2. The molecule has 7 heteroatoms. The van der Waals surface area contributed by atoms with Crippen molar-refractivity contribution in [2.45, 2.75) is 51.7 Å². The number of carbonyl (C=O) groups excluding carboxylic acids is 2. The minimum absolute atomic E-state index is 0.0784. The van der Waals surface area contributed by atoms with Gasteiger partial charge in [-0.15, -0.1) is 0 Å². The van der Waals surface area contributed by atoms with Crippen LogP contribution >= 0.6 is 15.9 Å². The van der Waals surface area contributed by atoms with Crippen LogP contribution in [0.15, 0.2) is 22.7 Å². The molecule has 2 atom stereocenters. The van der Waals surface area contributed by atoms with E-state index in [1.54, 1.807) is 32.9 Å². The second-order valence-corrected chi connectivity index (χ2v) is 8.46. The van der Waals surface area contributed by atoms with Gasteiger partial charge in [0.25, 0.3) is 0 Å². The Bertz CT molecular complexity index is 674. The Morgan fingerprint density at radius 1 is 1.35 bits per heavy atom. The number of benzene rings is 1. The van der Waals surface area contributed by atoms with E-state index in [9.17, 15) is 14.0 Å². The normalized spacial score (nSPS) is 20.2. The summed E-state index contributed by atoms with van der Waals surface area (Å²) in [4.78, 5) is 25.9. The standard InChI is InChI=1S/C19H25BrFNO4/c1-19(2,3)26-18(24)22-11-12(9-16(22)17(23)25-4)5-6-13-7-8-14(20)10-15(13)21/h7-8,10,12,16H,5-6,9,11H2,1-4H3/t12?,16-/m0/s1. The topological polar surface area (TPSA) is 55.8 Å². The number of carbonyl (C=O) groups is 2. The summed E-state index contributed by atoms with van der Waals surface area (Å²) in [6, 6.07) is 4.33. The number of methoxy groups -OCH3 is 1. The van der Waals surface area contributed by atoms with Gasteiger partial charge < -0.3 is 9.47 Å². The van der Waals surface area contributed by atoms with E-state index in [-0.39, 0.29) is 11.7 Å². The van der Waals surface area contributed by atoms with Crippen LogP contribution in [0.2, 0.25) is 0 Å². The molecule has 2 rings (SSSR count). The van der Waals surface area contributed by atoms with E-state index in [4.69, 9.17) is 9.47 Å². The van der Waals surface area contributed by atoms with Crippen molar-refractivity contribution in [2.24, 2.45) is 5.92 Å². The van der Waals surface area contributed by atoms with Crippen molar-refractivity contribution in [3.63, 3.8) is 0 Å². The Labute approximate surface area is 162 Å². The van der Waals surface area contributed by atoms with Gasteiger partial charge in [-0.1, -0.05) is 22.0 Å². The van der Waals surface area contributed by atoms with Crippen LogP contribution in [-0.2, 0) is 20.7 Å². The number of aryl methyl sites for hydroxylation is 1. The molecule has 1 amide bonds. The summed E-state index contributed by atoms with van der Waals surface area (Å²) < 4.78 is 24.9. The first kappa shape index (κ1) is 20.7. The van der Waals surface area contributed by atoms with Gasteiger partial charge in [-0.3, -0.25) is 4.90 Å². The summed E-state index contributed by atoms with van der Waals surface area (Å²) in [6.45, 7) is 5.73. The highest BCUT2D eigenvalue weighted by Gasteiger charge is 2.41. The van der Waals surface area contributed by atoms with E-state index in [1.165, 1.54) is 18.1 Å². The molecular formula is C19H25BrFNO4. The lowest BCUT2D eigenvalue weighted by Crippen LogP contribution is -2.43. The first-order chi connectivity index (χ1) is 12.1. The fourth-order valence-electron chi connectivity index (χ4n) is 3.10. The van der Waals surface area contributed by atoms with E-state index in [1.807, 2.05) is 0 Å². The highest BCUT2D eigenvalue weighted by molar-refractivity contribution is 9.10. The SMILES string of the molecule is COC(=O)[C@@H]1CC(CCc2ccc(Br)cc2F)CN1C(=O)OC(C)(C)C. The van der Waals surface area contributed by atoms with Crippen molar-refractivity contribution >= 4 is 28.0 Å². The number of rotatable bonds is 4. The summed E-state index contributed by atoms with van der Waals surface area (Å²) in [6.07, 6.45) is 1.18. The summed E-state index contributed by atoms with van der Waals surface area (Å²) in [5, 5.41) is 0. The molecule has 0 N–H and O–H groups in total. The monoisotopic (exact) mass is 429 g/mol. The zero-order valence-corrected chi connectivity index (χ0v) is 17.1. The predicted molar refractivity (Wildman–Crippen MR) is 99.3 cm³/mol. The molecule has 1 heterocycles. The van der Waals surface area contributed by atoms with E-state index < -0.39 is 23.7 Å². The van der Waals surface area contributed by atoms with E-state index >= 15 is 0 Å². The zero-order chi connectivity index (χ0) is 19.5. The predicted octanol–water partition coefficient (Wildman–Crippen LogP) is 4.32. The maximum atomic E-state index is 14.0. The number of nitrogens with zero attached hydrogens (tertiary/aromatic N) is 1. The number of esters is 1. The van der Waals surface area contributed by atoms with Crippen LogP contribution in [0.1, 0.15) is 39.2 Å². The summed E-state index contributed by atoms with van der Waals surface area (Å²) >= 11 is 3.24. The van der Waals surface area contributed by atoms with Crippen LogP contribution in [0, 0.1) is 11.7 Å². The Balaban J connectivity index is 2.04. The van der Waals surface area contributed by atoms with Gasteiger partial charge in [-0.05, 0) is 63.6 Å². The van der Waals surface area contributed by atoms with Crippen LogP contribution in [0.25, 0.3) is 0 Å². The summed E-state index contributed by atoms with van der Waals surface area (Å²) in [7, 11) is 1.31. The lowest BCUT2D eigenvalue weighted by Gasteiger charge is -2.27. The van der Waals surface area contributed by atoms with Gasteiger partial charge in [-0.2, -0.15) is 0 Å². The lowest BCUT2D eigenvalue weighted by molar-refractivity contribution is -0.145. The fraction of sp³-hybridized carbons (Fsp3) is 0.579. The van der Waals surface area contributed by atoms with Crippen molar-refractivity contribution in [3.05, 3.63) is 34.1 Å².